The number of hydrogen-bond donors (Lipinski definition) is 2. The Morgan fingerprint density at radius 1 is 1.53 bits per heavy atom. The van der Waals surface area contributed by atoms with Gasteiger partial charge in [-0.05, 0) is 0 Å². The summed E-state index contributed by atoms with van der Waals surface area (Å²) in [6.45, 7) is 2.11. The van der Waals surface area contributed by atoms with Gasteiger partial charge in [0.25, 0.3) is 0 Å². The second kappa shape index (κ2) is 6.19. The van der Waals surface area contributed by atoms with Crippen molar-refractivity contribution in [3.05, 3.63) is 11.6 Å². The van der Waals surface area contributed by atoms with Crippen molar-refractivity contribution < 1.29 is 19.8 Å². The van der Waals surface area contributed by atoms with Crippen LogP contribution in [0.25, 0.3) is 0 Å². The van der Waals surface area contributed by atoms with Crippen molar-refractivity contribution in [3.8, 4) is 0 Å². The molecule has 0 radical (unpaired) electrons. The monoisotopic (exact) mass is 258 g/mol. The van der Waals surface area contributed by atoms with Gasteiger partial charge in [-0.3, -0.25) is 9.59 Å². The number of thiazole rings is 1. The molecule has 0 saturated carbocycles. The van der Waals surface area contributed by atoms with Crippen molar-refractivity contribution in [2.24, 2.45) is 5.92 Å². The van der Waals surface area contributed by atoms with E-state index in [4.69, 9.17) is 10.2 Å². The van der Waals surface area contributed by atoms with Gasteiger partial charge in [0.2, 0.25) is 0 Å². The molecule has 0 aromatic carbocycles. The molecule has 1 aromatic rings. The van der Waals surface area contributed by atoms with E-state index in [0.717, 1.165) is 0 Å². The lowest BCUT2D eigenvalue weighted by Gasteiger charge is -2.22. The standard InChI is InChI=1S/C10H14N2O4S/c1-7(9(15)16)6-12(4-2-8(13)14)10-11-3-5-17-10/h3,5,7H,2,4,6H2,1H3,(H,13,14)(H,15,16). The van der Waals surface area contributed by atoms with E-state index < -0.39 is 17.9 Å². The minimum atomic E-state index is -0.908. The predicted octanol–water partition coefficient (Wildman–Crippen LogP) is 1.14. The topological polar surface area (TPSA) is 90.7 Å². The number of aromatic nitrogens is 1. The summed E-state index contributed by atoms with van der Waals surface area (Å²) in [5.74, 6) is -2.37. The molecule has 94 valence electrons. The third kappa shape index (κ3) is 4.39. The minimum Gasteiger partial charge on any atom is -0.481 e. The van der Waals surface area contributed by atoms with E-state index in [1.165, 1.54) is 11.3 Å². The van der Waals surface area contributed by atoms with E-state index in [0.29, 0.717) is 5.13 Å². The van der Waals surface area contributed by atoms with Crippen LogP contribution in [0.4, 0.5) is 5.13 Å². The Morgan fingerprint density at radius 2 is 2.24 bits per heavy atom. The van der Waals surface area contributed by atoms with E-state index in [2.05, 4.69) is 4.98 Å². The van der Waals surface area contributed by atoms with E-state index >= 15 is 0 Å². The van der Waals surface area contributed by atoms with Crippen LogP contribution in [0.5, 0.6) is 0 Å². The van der Waals surface area contributed by atoms with Gasteiger partial charge in [-0.1, -0.05) is 6.92 Å². The summed E-state index contributed by atoms with van der Waals surface area (Å²) in [6, 6.07) is 0. The number of carboxylic acid groups (broad SMARTS) is 2. The van der Waals surface area contributed by atoms with Crippen LogP contribution in [0.1, 0.15) is 13.3 Å². The van der Waals surface area contributed by atoms with Crippen LogP contribution >= 0.6 is 11.3 Å². The summed E-state index contributed by atoms with van der Waals surface area (Å²) in [6.07, 6.45) is 1.57. The first kappa shape index (κ1) is 13.4. The predicted molar refractivity (Wildman–Crippen MR) is 63.4 cm³/mol. The van der Waals surface area contributed by atoms with Gasteiger partial charge in [0.05, 0.1) is 12.3 Å². The summed E-state index contributed by atoms with van der Waals surface area (Å²) in [5, 5.41) is 19.9. The van der Waals surface area contributed by atoms with Crippen LogP contribution in [0.2, 0.25) is 0 Å². The highest BCUT2D eigenvalue weighted by atomic mass is 32.1. The molecular weight excluding hydrogens is 244 g/mol. The van der Waals surface area contributed by atoms with Gasteiger partial charge in [0.15, 0.2) is 5.13 Å². The molecule has 0 spiro atoms. The van der Waals surface area contributed by atoms with Gasteiger partial charge in [-0.25, -0.2) is 4.98 Å². The Kier molecular flexibility index (Phi) is 4.89. The molecule has 17 heavy (non-hydrogen) atoms. The second-order valence-electron chi connectivity index (χ2n) is 3.64. The molecule has 1 rings (SSSR count). The molecule has 0 fully saturated rings. The molecule has 1 aromatic heterocycles. The third-order valence-electron chi connectivity index (χ3n) is 2.20. The van der Waals surface area contributed by atoms with Crippen molar-refractivity contribution in [1.82, 2.24) is 4.98 Å². The molecule has 1 heterocycles. The first-order valence-corrected chi connectivity index (χ1v) is 5.97. The molecular formula is C10H14N2O4S. The van der Waals surface area contributed by atoms with Crippen LogP contribution in [-0.4, -0.2) is 40.2 Å². The maximum atomic E-state index is 10.8. The van der Waals surface area contributed by atoms with Crippen molar-refractivity contribution in [2.45, 2.75) is 13.3 Å². The van der Waals surface area contributed by atoms with Gasteiger partial charge in [0, 0.05) is 24.7 Å². The Hall–Kier alpha value is -1.63. The lowest BCUT2D eigenvalue weighted by atomic mass is 10.2. The maximum Gasteiger partial charge on any atom is 0.308 e. The van der Waals surface area contributed by atoms with Crippen LogP contribution in [0.15, 0.2) is 11.6 Å². The average Bonchev–Trinajstić information content (AvgIpc) is 2.76. The SMILES string of the molecule is CC(CN(CCC(=O)O)c1nccs1)C(=O)O. The highest BCUT2D eigenvalue weighted by Crippen LogP contribution is 2.19. The molecule has 7 heteroatoms. The Labute approximate surface area is 103 Å². The van der Waals surface area contributed by atoms with Crippen molar-refractivity contribution in [1.29, 1.82) is 0 Å². The smallest absolute Gasteiger partial charge is 0.308 e. The fourth-order valence-corrected chi connectivity index (χ4v) is 1.96. The Bertz CT molecular complexity index is 380. The molecule has 6 nitrogen and oxygen atoms in total. The zero-order chi connectivity index (χ0) is 12.8. The molecule has 0 aliphatic heterocycles. The Morgan fingerprint density at radius 3 is 2.71 bits per heavy atom. The van der Waals surface area contributed by atoms with Crippen LogP contribution in [0, 0.1) is 5.92 Å². The summed E-state index contributed by atoms with van der Waals surface area (Å²) in [5.41, 5.74) is 0. The molecule has 1 atom stereocenters. The van der Waals surface area contributed by atoms with Crippen molar-refractivity contribution >= 4 is 28.4 Å². The number of carbonyl (C=O) groups is 2. The number of hydrogen-bond acceptors (Lipinski definition) is 5. The van der Waals surface area contributed by atoms with Gasteiger partial charge in [-0.15, -0.1) is 11.3 Å². The zero-order valence-corrected chi connectivity index (χ0v) is 10.2. The second-order valence-corrected chi connectivity index (χ2v) is 4.52. The van der Waals surface area contributed by atoms with Crippen molar-refractivity contribution in [3.63, 3.8) is 0 Å². The van der Waals surface area contributed by atoms with Crippen LogP contribution < -0.4 is 4.90 Å². The number of nitrogens with zero attached hydrogens (tertiary/aromatic N) is 2. The number of anilines is 1. The number of carboxylic acids is 2. The van der Waals surface area contributed by atoms with E-state index in [-0.39, 0.29) is 19.5 Å². The van der Waals surface area contributed by atoms with Gasteiger partial charge < -0.3 is 15.1 Å². The fourth-order valence-electron chi connectivity index (χ4n) is 1.28. The molecule has 0 saturated heterocycles. The molecule has 1 unspecified atom stereocenters. The minimum absolute atomic E-state index is 0.0358. The highest BCUT2D eigenvalue weighted by molar-refractivity contribution is 7.13. The van der Waals surface area contributed by atoms with Gasteiger partial charge >= 0.3 is 11.9 Å². The maximum absolute atomic E-state index is 10.8. The third-order valence-corrected chi connectivity index (χ3v) is 3.03. The average molecular weight is 258 g/mol. The normalized spacial score (nSPS) is 12.1. The summed E-state index contributed by atoms with van der Waals surface area (Å²) >= 11 is 1.37. The molecule has 0 bridgehead atoms. The van der Waals surface area contributed by atoms with Crippen molar-refractivity contribution in [2.75, 3.05) is 18.0 Å². The summed E-state index contributed by atoms with van der Waals surface area (Å²) < 4.78 is 0. The van der Waals surface area contributed by atoms with E-state index in [9.17, 15) is 9.59 Å². The van der Waals surface area contributed by atoms with E-state index in [1.54, 1.807) is 23.4 Å². The molecule has 2 N–H and O–H groups in total. The summed E-state index contributed by atoms with van der Waals surface area (Å²) in [7, 11) is 0. The molecule has 0 aliphatic rings. The lowest BCUT2D eigenvalue weighted by Crippen LogP contribution is -2.33. The van der Waals surface area contributed by atoms with Crippen LogP contribution in [-0.2, 0) is 9.59 Å². The summed E-state index contributed by atoms with van der Waals surface area (Å²) in [4.78, 5) is 27.1. The van der Waals surface area contributed by atoms with Crippen LogP contribution in [0.3, 0.4) is 0 Å². The zero-order valence-electron chi connectivity index (χ0n) is 9.37. The first-order valence-electron chi connectivity index (χ1n) is 5.09. The number of rotatable bonds is 7. The first-order chi connectivity index (χ1) is 8.00. The fraction of sp³-hybridized carbons (Fsp3) is 0.500. The Balaban J connectivity index is 2.66. The highest BCUT2D eigenvalue weighted by Gasteiger charge is 2.18. The lowest BCUT2D eigenvalue weighted by molar-refractivity contribution is -0.140. The van der Waals surface area contributed by atoms with E-state index in [1.807, 2.05) is 0 Å². The van der Waals surface area contributed by atoms with Gasteiger partial charge in [0.1, 0.15) is 0 Å². The van der Waals surface area contributed by atoms with Gasteiger partial charge in [-0.2, -0.15) is 0 Å². The largest absolute Gasteiger partial charge is 0.481 e. The molecule has 0 amide bonds. The quantitative estimate of drug-likeness (QED) is 0.762. The molecule has 0 aliphatic carbocycles. The number of aliphatic carboxylic acids is 2.